The minimum Gasteiger partial charge on any atom is -0.450 e. The van der Waals surface area contributed by atoms with E-state index in [2.05, 4.69) is 14.9 Å². The molecule has 7 heteroatoms. The van der Waals surface area contributed by atoms with Crippen LogP contribution in [0.1, 0.15) is 6.92 Å². The first kappa shape index (κ1) is 14.4. The first-order chi connectivity index (χ1) is 10.7. The van der Waals surface area contributed by atoms with Gasteiger partial charge in [-0.05, 0) is 31.2 Å². The van der Waals surface area contributed by atoms with E-state index in [9.17, 15) is 4.79 Å². The smallest absolute Gasteiger partial charge is 0.409 e. The first-order valence-electron chi connectivity index (χ1n) is 7.37. The fourth-order valence-electron chi connectivity index (χ4n) is 2.51. The number of nitrogen functional groups attached to an aromatic ring is 1. The minimum absolute atomic E-state index is 0.247. The molecule has 0 atom stereocenters. The summed E-state index contributed by atoms with van der Waals surface area (Å²) in [5.74, 6) is 1.32. The molecule has 0 aliphatic carbocycles. The van der Waals surface area contributed by atoms with E-state index in [0.29, 0.717) is 31.2 Å². The second kappa shape index (κ2) is 6.05. The van der Waals surface area contributed by atoms with Crippen molar-refractivity contribution in [2.75, 3.05) is 43.4 Å². The van der Waals surface area contributed by atoms with Crippen molar-refractivity contribution in [3.05, 3.63) is 24.3 Å². The van der Waals surface area contributed by atoms with E-state index < -0.39 is 0 Å². The summed E-state index contributed by atoms with van der Waals surface area (Å²) in [6, 6.07) is 7.64. The van der Waals surface area contributed by atoms with Gasteiger partial charge in [0.25, 0.3) is 0 Å². The van der Waals surface area contributed by atoms with Gasteiger partial charge in [-0.3, -0.25) is 0 Å². The van der Waals surface area contributed by atoms with Crippen molar-refractivity contribution >= 4 is 28.8 Å². The van der Waals surface area contributed by atoms with Crippen LogP contribution in [0.2, 0.25) is 0 Å². The number of carbonyl (C=O) groups excluding carboxylic acids is 1. The van der Waals surface area contributed by atoms with Crippen LogP contribution in [0.3, 0.4) is 0 Å². The molecule has 0 unspecified atom stereocenters. The Kier molecular flexibility index (Phi) is 3.95. The van der Waals surface area contributed by atoms with Gasteiger partial charge in [-0.1, -0.05) is 0 Å². The van der Waals surface area contributed by atoms with E-state index in [-0.39, 0.29) is 6.09 Å². The van der Waals surface area contributed by atoms with E-state index in [1.165, 1.54) is 0 Å². The number of ether oxygens (including phenoxy) is 1. The van der Waals surface area contributed by atoms with E-state index in [1.54, 1.807) is 11.0 Å². The summed E-state index contributed by atoms with van der Waals surface area (Å²) in [6.07, 6.45) is -0.247. The Morgan fingerprint density at radius 2 is 1.91 bits per heavy atom. The molecule has 1 aliphatic heterocycles. The molecule has 0 aromatic carbocycles. The number of fused-ring (bicyclic) bond motifs is 1. The van der Waals surface area contributed by atoms with Gasteiger partial charge in [0.05, 0.1) is 6.61 Å². The fourth-order valence-corrected chi connectivity index (χ4v) is 2.51. The summed E-state index contributed by atoms with van der Waals surface area (Å²) in [7, 11) is 0. The molecule has 0 radical (unpaired) electrons. The van der Waals surface area contributed by atoms with Crippen LogP contribution in [-0.2, 0) is 4.74 Å². The normalized spacial score (nSPS) is 15.1. The highest BCUT2D eigenvalue weighted by molar-refractivity contribution is 5.78. The molecule has 22 heavy (non-hydrogen) atoms. The van der Waals surface area contributed by atoms with Gasteiger partial charge in [0.15, 0.2) is 5.65 Å². The summed E-state index contributed by atoms with van der Waals surface area (Å²) in [4.78, 5) is 24.4. The Morgan fingerprint density at radius 3 is 2.64 bits per heavy atom. The predicted octanol–water partition coefficient (Wildman–Crippen LogP) is 1.49. The standard InChI is InChI=1S/C15H19N5O2/c1-2-22-15(21)20-9-7-19(8-10-20)13-6-4-11-3-5-12(16)17-14(11)18-13/h3-6H,2,7-10H2,1H3,(H2,16,17,18). The third-order valence-corrected chi connectivity index (χ3v) is 3.69. The molecule has 116 valence electrons. The summed E-state index contributed by atoms with van der Waals surface area (Å²) in [5, 5.41) is 0.961. The van der Waals surface area contributed by atoms with Gasteiger partial charge in [-0.2, -0.15) is 0 Å². The van der Waals surface area contributed by atoms with Crippen LogP contribution in [-0.4, -0.2) is 53.7 Å². The molecule has 2 aromatic rings. The maximum Gasteiger partial charge on any atom is 0.409 e. The number of anilines is 2. The average Bonchev–Trinajstić information content (AvgIpc) is 2.54. The van der Waals surface area contributed by atoms with E-state index in [1.807, 2.05) is 25.1 Å². The monoisotopic (exact) mass is 301 g/mol. The highest BCUT2D eigenvalue weighted by atomic mass is 16.6. The lowest BCUT2D eigenvalue weighted by atomic mass is 10.2. The largest absolute Gasteiger partial charge is 0.450 e. The molecule has 2 aromatic heterocycles. The highest BCUT2D eigenvalue weighted by Gasteiger charge is 2.22. The first-order valence-corrected chi connectivity index (χ1v) is 7.37. The van der Waals surface area contributed by atoms with Crippen molar-refractivity contribution in [2.24, 2.45) is 0 Å². The molecule has 0 saturated carbocycles. The van der Waals surface area contributed by atoms with Gasteiger partial charge in [-0.15, -0.1) is 0 Å². The zero-order valence-corrected chi connectivity index (χ0v) is 12.5. The van der Waals surface area contributed by atoms with Crippen molar-refractivity contribution in [1.82, 2.24) is 14.9 Å². The topological polar surface area (TPSA) is 84.6 Å². The second-order valence-corrected chi connectivity index (χ2v) is 5.13. The third-order valence-electron chi connectivity index (χ3n) is 3.69. The van der Waals surface area contributed by atoms with Crippen LogP contribution in [0.25, 0.3) is 11.0 Å². The van der Waals surface area contributed by atoms with Crippen LogP contribution < -0.4 is 10.6 Å². The number of hydrogen-bond donors (Lipinski definition) is 1. The summed E-state index contributed by atoms with van der Waals surface area (Å²) < 4.78 is 5.02. The van der Waals surface area contributed by atoms with Crippen molar-refractivity contribution < 1.29 is 9.53 Å². The highest BCUT2D eigenvalue weighted by Crippen LogP contribution is 2.19. The lowest BCUT2D eigenvalue weighted by molar-refractivity contribution is 0.105. The Morgan fingerprint density at radius 1 is 1.18 bits per heavy atom. The van der Waals surface area contributed by atoms with Gasteiger partial charge >= 0.3 is 6.09 Å². The molecule has 3 rings (SSSR count). The number of hydrogen-bond acceptors (Lipinski definition) is 6. The lowest BCUT2D eigenvalue weighted by Gasteiger charge is -2.34. The molecular formula is C15H19N5O2. The SMILES string of the molecule is CCOC(=O)N1CCN(c2ccc3ccc(N)nc3n2)CC1. The zero-order valence-electron chi connectivity index (χ0n) is 12.5. The number of aromatic nitrogens is 2. The predicted molar refractivity (Wildman–Crippen MR) is 84.8 cm³/mol. The van der Waals surface area contributed by atoms with Crippen LogP contribution in [0, 0.1) is 0 Å². The van der Waals surface area contributed by atoms with Crippen LogP contribution in [0.15, 0.2) is 24.3 Å². The van der Waals surface area contributed by atoms with Gasteiger partial charge < -0.3 is 20.3 Å². The van der Waals surface area contributed by atoms with Crippen molar-refractivity contribution in [2.45, 2.75) is 6.92 Å². The van der Waals surface area contributed by atoms with Crippen LogP contribution in [0.5, 0.6) is 0 Å². The molecule has 1 amide bonds. The molecule has 0 spiro atoms. The van der Waals surface area contributed by atoms with Gasteiger partial charge in [0.2, 0.25) is 0 Å². The number of nitrogens with two attached hydrogens (primary N) is 1. The number of piperazine rings is 1. The molecular weight excluding hydrogens is 282 g/mol. The zero-order chi connectivity index (χ0) is 15.5. The molecule has 1 aliphatic rings. The fraction of sp³-hybridized carbons (Fsp3) is 0.400. The number of amides is 1. The van der Waals surface area contributed by atoms with Crippen molar-refractivity contribution in [3.8, 4) is 0 Å². The number of pyridine rings is 2. The Hall–Kier alpha value is -2.57. The van der Waals surface area contributed by atoms with E-state index in [0.717, 1.165) is 24.3 Å². The molecule has 7 nitrogen and oxygen atoms in total. The maximum absolute atomic E-state index is 11.7. The summed E-state index contributed by atoms with van der Waals surface area (Å²) >= 11 is 0. The average molecular weight is 301 g/mol. The third kappa shape index (κ3) is 2.88. The molecule has 3 heterocycles. The van der Waals surface area contributed by atoms with Gasteiger partial charge in [0.1, 0.15) is 11.6 Å². The van der Waals surface area contributed by atoms with E-state index in [4.69, 9.17) is 10.5 Å². The molecule has 2 N–H and O–H groups in total. The quantitative estimate of drug-likeness (QED) is 0.904. The van der Waals surface area contributed by atoms with Gasteiger partial charge in [0, 0.05) is 31.6 Å². The second-order valence-electron chi connectivity index (χ2n) is 5.13. The molecule has 1 saturated heterocycles. The Labute approximate surface area is 128 Å². The maximum atomic E-state index is 11.7. The Balaban J connectivity index is 1.72. The van der Waals surface area contributed by atoms with Gasteiger partial charge in [-0.25, -0.2) is 14.8 Å². The summed E-state index contributed by atoms with van der Waals surface area (Å²) in [5.41, 5.74) is 6.35. The van der Waals surface area contributed by atoms with Crippen LogP contribution >= 0.6 is 0 Å². The number of rotatable bonds is 2. The van der Waals surface area contributed by atoms with Crippen molar-refractivity contribution in [3.63, 3.8) is 0 Å². The summed E-state index contributed by atoms with van der Waals surface area (Å²) in [6.45, 7) is 4.91. The van der Waals surface area contributed by atoms with Crippen molar-refractivity contribution in [1.29, 1.82) is 0 Å². The molecule has 0 bridgehead atoms. The van der Waals surface area contributed by atoms with E-state index >= 15 is 0 Å². The Bertz CT molecular complexity index is 683. The van der Waals surface area contributed by atoms with Crippen LogP contribution in [0.4, 0.5) is 16.4 Å². The molecule has 1 fully saturated rings. The number of nitrogens with zero attached hydrogens (tertiary/aromatic N) is 4. The lowest BCUT2D eigenvalue weighted by Crippen LogP contribution is -2.49. The minimum atomic E-state index is -0.247. The number of carbonyl (C=O) groups is 1.